The summed E-state index contributed by atoms with van der Waals surface area (Å²) in [6, 6.07) is 29.6. The number of carbonyl (C=O) groups is 2. The molecule has 0 radical (unpaired) electrons. The Labute approximate surface area is 363 Å². The molecule has 4 heterocycles. The standard InChI is InChI=1S/C49H56N6O5S/c1-7-8-27-53(5)29-31-59-38-23-24-41(50-32-38)35-18-21-37(22-19-35)58-30-12-14-36-20-25-44(52-45(36)47(57)60-49(2,3)4)55-28-26-34-13-11-15-39(40(34)33-55)46(56)54(6)48-51-42-16-9-10-17-43(42)61-48/h9-11,13,15-25,32H,7-8,12,14,26-31,33H2,1-6H3. The fourth-order valence-corrected chi connectivity index (χ4v) is 8.20. The minimum Gasteiger partial charge on any atom is -0.494 e. The fourth-order valence-electron chi connectivity index (χ4n) is 7.28. The molecule has 0 saturated heterocycles. The summed E-state index contributed by atoms with van der Waals surface area (Å²) in [6.45, 7) is 12.0. The molecule has 318 valence electrons. The number of anilines is 2. The Kier molecular flexibility index (Phi) is 14.0. The van der Waals surface area contributed by atoms with Crippen LogP contribution in [0.3, 0.4) is 0 Å². The molecule has 3 aromatic heterocycles. The predicted molar refractivity (Wildman–Crippen MR) is 244 cm³/mol. The van der Waals surface area contributed by atoms with Gasteiger partial charge in [-0.3, -0.25) is 14.7 Å². The first-order valence-electron chi connectivity index (χ1n) is 21.2. The number of esters is 1. The van der Waals surface area contributed by atoms with Crippen molar-refractivity contribution < 1.29 is 23.8 Å². The Morgan fingerprint density at radius 3 is 2.38 bits per heavy atom. The quantitative estimate of drug-likeness (QED) is 0.0651. The average Bonchev–Trinajstić information content (AvgIpc) is 3.71. The number of likely N-dealkylation sites (N-methyl/N-ethyl adjacent to an activating group) is 1. The molecule has 11 nitrogen and oxygen atoms in total. The first kappa shape index (κ1) is 43.2. The van der Waals surface area contributed by atoms with E-state index in [0.717, 1.165) is 69.2 Å². The first-order chi connectivity index (χ1) is 29.5. The Balaban J connectivity index is 0.976. The minimum absolute atomic E-state index is 0.113. The lowest BCUT2D eigenvalue weighted by molar-refractivity contribution is 0.00613. The number of fused-ring (bicyclic) bond motifs is 2. The van der Waals surface area contributed by atoms with Gasteiger partial charge in [0.2, 0.25) is 0 Å². The van der Waals surface area contributed by atoms with Crippen LogP contribution < -0.4 is 19.3 Å². The highest BCUT2D eigenvalue weighted by Crippen LogP contribution is 2.32. The van der Waals surface area contributed by atoms with Crippen molar-refractivity contribution in [2.24, 2.45) is 0 Å². The Bertz CT molecular complexity index is 2400. The summed E-state index contributed by atoms with van der Waals surface area (Å²) in [5.41, 5.74) is 5.85. The number of aromatic nitrogens is 3. The van der Waals surface area contributed by atoms with Gasteiger partial charge in [-0.1, -0.05) is 55.0 Å². The number of unbranched alkanes of at least 4 members (excludes halogenated alkanes) is 1. The van der Waals surface area contributed by atoms with Gasteiger partial charge in [0, 0.05) is 37.8 Å². The van der Waals surface area contributed by atoms with Gasteiger partial charge < -0.3 is 24.0 Å². The summed E-state index contributed by atoms with van der Waals surface area (Å²) in [7, 11) is 3.90. The van der Waals surface area contributed by atoms with Gasteiger partial charge in [-0.05, 0) is 137 Å². The monoisotopic (exact) mass is 840 g/mol. The van der Waals surface area contributed by atoms with Crippen molar-refractivity contribution >= 4 is 44.4 Å². The highest BCUT2D eigenvalue weighted by molar-refractivity contribution is 7.22. The van der Waals surface area contributed by atoms with E-state index in [1.54, 1.807) is 18.1 Å². The molecule has 1 amide bonds. The molecule has 0 atom stereocenters. The van der Waals surface area contributed by atoms with Crippen molar-refractivity contribution in [3.8, 4) is 22.8 Å². The molecule has 61 heavy (non-hydrogen) atoms. The number of pyridine rings is 2. The van der Waals surface area contributed by atoms with Crippen molar-refractivity contribution in [3.05, 3.63) is 125 Å². The maximum absolute atomic E-state index is 14.0. The van der Waals surface area contributed by atoms with E-state index in [1.807, 2.05) is 106 Å². The van der Waals surface area contributed by atoms with E-state index < -0.39 is 11.6 Å². The molecule has 0 saturated carbocycles. The molecule has 6 aromatic rings. The highest BCUT2D eigenvalue weighted by atomic mass is 32.1. The van der Waals surface area contributed by atoms with Gasteiger partial charge in [-0.25, -0.2) is 14.8 Å². The summed E-state index contributed by atoms with van der Waals surface area (Å²) in [4.78, 5) is 48.0. The Morgan fingerprint density at radius 2 is 1.62 bits per heavy atom. The molecule has 0 fully saturated rings. The van der Waals surface area contributed by atoms with E-state index in [2.05, 4.69) is 34.8 Å². The number of thiazole rings is 1. The first-order valence-corrected chi connectivity index (χ1v) is 22.0. The van der Waals surface area contributed by atoms with E-state index in [4.69, 9.17) is 24.2 Å². The van der Waals surface area contributed by atoms with Crippen LogP contribution in [0, 0.1) is 0 Å². The van der Waals surface area contributed by atoms with Gasteiger partial charge >= 0.3 is 5.97 Å². The third kappa shape index (κ3) is 11.1. The van der Waals surface area contributed by atoms with E-state index >= 15 is 0 Å². The lowest BCUT2D eigenvalue weighted by atomic mass is 9.94. The molecule has 0 N–H and O–H groups in total. The Hall–Kier alpha value is -5.85. The lowest BCUT2D eigenvalue weighted by Gasteiger charge is -2.32. The molecule has 7 rings (SSSR count). The zero-order chi connectivity index (χ0) is 42.9. The number of rotatable bonds is 17. The van der Waals surface area contributed by atoms with Gasteiger partial charge in [-0.15, -0.1) is 0 Å². The summed E-state index contributed by atoms with van der Waals surface area (Å²) >= 11 is 1.50. The van der Waals surface area contributed by atoms with Gasteiger partial charge in [0.25, 0.3) is 5.91 Å². The van der Waals surface area contributed by atoms with Crippen LogP contribution in [0.5, 0.6) is 11.5 Å². The summed E-state index contributed by atoms with van der Waals surface area (Å²) in [5, 5.41) is 0.650. The number of aryl methyl sites for hydroxylation is 1. The molecule has 1 aliphatic heterocycles. The molecule has 1 aliphatic rings. The number of benzene rings is 3. The van der Waals surface area contributed by atoms with Gasteiger partial charge in [0.1, 0.15) is 29.5 Å². The zero-order valence-electron chi connectivity index (χ0n) is 36.1. The third-order valence-corrected chi connectivity index (χ3v) is 11.8. The normalized spacial score (nSPS) is 12.7. The van der Waals surface area contributed by atoms with E-state index in [-0.39, 0.29) is 5.91 Å². The van der Waals surface area contributed by atoms with Crippen LogP contribution in [0.15, 0.2) is 97.2 Å². The molecule has 0 spiro atoms. The van der Waals surface area contributed by atoms with Crippen molar-refractivity contribution in [3.63, 3.8) is 0 Å². The number of hydrogen-bond donors (Lipinski definition) is 0. The average molecular weight is 841 g/mol. The smallest absolute Gasteiger partial charge is 0.357 e. The zero-order valence-corrected chi connectivity index (χ0v) is 37.0. The van der Waals surface area contributed by atoms with Crippen LogP contribution in [-0.4, -0.2) is 84.3 Å². The topological polar surface area (TPSA) is 110 Å². The van der Waals surface area contributed by atoms with Gasteiger partial charge in [-0.2, -0.15) is 0 Å². The second-order valence-electron chi connectivity index (χ2n) is 16.5. The van der Waals surface area contributed by atoms with Crippen molar-refractivity contribution in [2.45, 2.75) is 71.9 Å². The van der Waals surface area contributed by atoms with Crippen LogP contribution in [0.2, 0.25) is 0 Å². The van der Waals surface area contributed by atoms with Gasteiger partial charge in [0.15, 0.2) is 10.8 Å². The molecule has 3 aromatic carbocycles. The predicted octanol–water partition coefficient (Wildman–Crippen LogP) is 9.67. The summed E-state index contributed by atoms with van der Waals surface area (Å²) < 4.78 is 18.9. The summed E-state index contributed by atoms with van der Waals surface area (Å²) in [6.07, 6.45) is 6.13. The SMILES string of the molecule is CCCCN(C)CCOc1ccc(-c2ccc(OCCCc3ccc(N4CCc5cccc(C(=O)N(C)c6nc7ccccc7s6)c5C4)nc3C(=O)OC(C)(C)C)cc2)nc1. The molecule has 12 heteroatoms. The maximum atomic E-state index is 14.0. The number of para-hydroxylation sites is 1. The minimum atomic E-state index is -0.688. The van der Waals surface area contributed by atoms with Gasteiger partial charge in [0.05, 0.1) is 28.7 Å². The number of amides is 1. The second kappa shape index (κ2) is 19.7. The summed E-state index contributed by atoms with van der Waals surface area (Å²) in [5.74, 6) is 1.60. The van der Waals surface area contributed by atoms with Crippen LogP contribution in [0.4, 0.5) is 10.9 Å². The molecular weight excluding hydrogens is 785 g/mol. The molecule has 0 bridgehead atoms. The largest absolute Gasteiger partial charge is 0.494 e. The molecule has 0 unspecified atom stereocenters. The number of ether oxygens (including phenoxy) is 3. The number of hydrogen-bond acceptors (Lipinski definition) is 11. The van der Waals surface area contributed by atoms with E-state index in [1.165, 1.54) is 24.2 Å². The van der Waals surface area contributed by atoms with Crippen molar-refractivity contribution in [2.75, 3.05) is 56.7 Å². The van der Waals surface area contributed by atoms with Crippen LogP contribution in [0.25, 0.3) is 21.5 Å². The van der Waals surface area contributed by atoms with E-state index in [9.17, 15) is 9.59 Å². The lowest BCUT2D eigenvalue weighted by Crippen LogP contribution is -2.35. The fraction of sp³-hybridized carbons (Fsp3) is 0.367. The van der Waals surface area contributed by atoms with Crippen LogP contribution in [0.1, 0.15) is 84.5 Å². The molecular formula is C49H56N6O5S. The van der Waals surface area contributed by atoms with Crippen molar-refractivity contribution in [1.82, 2.24) is 19.9 Å². The highest BCUT2D eigenvalue weighted by Gasteiger charge is 2.28. The maximum Gasteiger partial charge on any atom is 0.357 e. The second-order valence-corrected chi connectivity index (χ2v) is 17.5. The number of nitrogens with zero attached hydrogens (tertiary/aromatic N) is 6. The number of carbonyl (C=O) groups excluding carboxylic acids is 2. The van der Waals surface area contributed by atoms with E-state index in [0.29, 0.717) is 61.4 Å². The van der Waals surface area contributed by atoms with Crippen LogP contribution in [-0.2, 0) is 24.1 Å². The Morgan fingerprint density at radius 1 is 0.836 bits per heavy atom. The third-order valence-electron chi connectivity index (χ3n) is 10.6. The van der Waals surface area contributed by atoms with Crippen LogP contribution >= 0.6 is 11.3 Å². The molecule has 0 aliphatic carbocycles. The van der Waals surface area contributed by atoms with Crippen molar-refractivity contribution in [1.29, 1.82) is 0 Å².